The molecule has 7 heteroatoms. The number of alkyl halides is 3. The highest BCUT2D eigenvalue weighted by molar-refractivity contribution is 5.85. The van der Waals surface area contributed by atoms with Crippen molar-refractivity contribution in [3.8, 4) is 5.75 Å². The molecule has 1 N–H and O–H groups in total. The van der Waals surface area contributed by atoms with Gasteiger partial charge in [-0.05, 0) is 30.7 Å². The Morgan fingerprint density at radius 2 is 1.85 bits per heavy atom. The van der Waals surface area contributed by atoms with Crippen LogP contribution < -0.4 is 5.63 Å². The molecule has 0 aliphatic heterocycles. The van der Waals surface area contributed by atoms with E-state index in [0.29, 0.717) is 0 Å². The van der Waals surface area contributed by atoms with E-state index in [-0.39, 0.29) is 34.3 Å². The number of carbonyl (C=O) groups is 1. The molecular weight excluding hydrogens is 361 g/mol. The second-order valence-corrected chi connectivity index (χ2v) is 6.23. The number of Topliss-reactive ketones (excluding diaryl/α,β-unsaturated/α-hetero) is 1. The standard InChI is InChI=1S/C20H15F3O4/c1-11(24)9-15(12-5-4-6-13(10-12)20(21,22)23)17-18(25)14-7-2-3-8-16(14)27-19(17)26/h2-8,10,15,25H,9H2,1H3/t15-/m1/s1. The summed E-state index contributed by atoms with van der Waals surface area (Å²) in [5.41, 5.74) is -1.79. The zero-order valence-electron chi connectivity index (χ0n) is 14.2. The van der Waals surface area contributed by atoms with Crippen molar-refractivity contribution in [1.29, 1.82) is 0 Å². The third-order valence-corrected chi connectivity index (χ3v) is 4.28. The molecule has 0 aliphatic rings. The van der Waals surface area contributed by atoms with E-state index in [1.807, 2.05) is 0 Å². The van der Waals surface area contributed by atoms with Gasteiger partial charge in [-0.15, -0.1) is 0 Å². The first-order valence-corrected chi connectivity index (χ1v) is 8.09. The molecule has 0 saturated carbocycles. The van der Waals surface area contributed by atoms with Crippen molar-refractivity contribution in [1.82, 2.24) is 0 Å². The second kappa shape index (κ2) is 6.90. The molecule has 1 heterocycles. The number of rotatable bonds is 4. The topological polar surface area (TPSA) is 67.5 Å². The summed E-state index contributed by atoms with van der Waals surface area (Å²) in [4.78, 5) is 24.2. The molecule has 27 heavy (non-hydrogen) atoms. The normalized spacial score (nSPS) is 12.9. The maximum atomic E-state index is 13.1. The van der Waals surface area contributed by atoms with Gasteiger partial charge >= 0.3 is 11.8 Å². The molecule has 0 amide bonds. The molecule has 3 rings (SSSR count). The van der Waals surface area contributed by atoms with E-state index in [2.05, 4.69) is 0 Å². The molecular formula is C20H15F3O4. The van der Waals surface area contributed by atoms with Crippen LogP contribution in [0.5, 0.6) is 5.75 Å². The van der Waals surface area contributed by atoms with Crippen LogP contribution in [0.2, 0.25) is 0 Å². The first kappa shape index (κ1) is 18.7. The molecule has 0 bridgehead atoms. The Balaban J connectivity index is 2.25. The lowest BCUT2D eigenvalue weighted by atomic mass is 9.86. The number of ketones is 1. The van der Waals surface area contributed by atoms with Crippen molar-refractivity contribution in [3.05, 3.63) is 75.6 Å². The molecule has 0 spiro atoms. The predicted molar refractivity (Wildman–Crippen MR) is 92.7 cm³/mol. The quantitative estimate of drug-likeness (QED) is 0.674. The van der Waals surface area contributed by atoms with Crippen LogP contribution >= 0.6 is 0 Å². The number of fused-ring (bicyclic) bond motifs is 1. The molecule has 1 aromatic heterocycles. The number of hydrogen-bond donors (Lipinski definition) is 1. The van der Waals surface area contributed by atoms with Crippen LogP contribution in [0.25, 0.3) is 11.0 Å². The monoisotopic (exact) mass is 376 g/mol. The van der Waals surface area contributed by atoms with Crippen molar-refractivity contribution >= 4 is 16.8 Å². The van der Waals surface area contributed by atoms with E-state index >= 15 is 0 Å². The third-order valence-electron chi connectivity index (χ3n) is 4.28. The number of hydrogen-bond acceptors (Lipinski definition) is 4. The summed E-state index contributed by atoms with van der Waals surface area (Å²) in [6.45, 7) is 1.26. The number of aromatic hydroxyl groups is 1. The molecule has 4 nitrogen and oxygen atoms in total. The largest absolute Gasteiger partial charge is 0.507 e. The Labute approximate surface area is 151 Å². The average molecular weight is 376 g/mol. The van der Waals surface area contributed by atoms with E-state index in [9.17, 15) is 27.9 Å². The van der Waals surface area contributed by atoms with Gasteiger partial charge in [0.05, 0.1) is 16.5 Å². The Kier molecular flexibility index (Phi) is 4.78. The number of halogens is 3. The lowest BCUT2D eigenvalue weighted by Crippen LogP contribution is -2.17. The molecule has 0 fully saturated rings. The van der Waals surface area contributed by atoms with E-state index < -0.39 is 29.0 Å². The highest BCUT2D eigenvalue weighted by Crippen LogP contribution is 2.38. The van der Waals surface area contributed by atoms with Crippen LogP contribution in [0.3, 0.4) is 0 Å². The van der Waals surface area contributed by atoms with Crippen LogP contribution in [-0.2, 0) is 11.0 Å². The third kappa shape index (κ3) is 3.72. The second-order valence-electron chi connectivity index (χ2n) is 6.23. The maximum absolute atomic E-state index is 13.1. The summed E-state index contributed by atoms with van der Waals surface area (Å²) in [6, 6.07) is 10.6. The highest BCUT2D eigenvalue weighted by Gasteiger charge is 2.32. The van der Waals surface area contributed by atoms with Gasteiger partial charge in [-0.25, -0.2) is 4.79 Å². The first-order valence-electron chi connectivity index (χ1n) is 8.09. The fourth-order valence-electron chi connectivity index (χ4n) is 3.06. The molecule has 0 aliphatic carbocycles. The first-order chi connectivity index (χ1) is 12.7. The van der Waals surface area contributed by atoms with E-state index in [0.717, 1.165) is 12.1 Å². The van der Waals surface area contributed by atoms with Crippen molar-refractivity contribution in [3.63, 3.8) is 0 Å². The summed E-state index contributed by atoms with van der Waals surface area (Å²) >= 11 is 0. The van der Waals surface area contributed by atoms with Gasteiger partial charge in [0.15, 0.2) is 0 Å². The van der Waals surface area contributed by atoms with Gasteiger partial charge in [-0.1, -0.05) is 30.3 Å². The summed E-state index contributed by atoms with van der Waals surface area (Å²) in [6.07, 6.45) is -4.83. The number of benzene rings is 2. The maximum Gasteiger partial charge on any atom is 0.416 e. The average Bonchev–Trinajstić information content (AvgIpc) is 2.60. The number of para-hydroxylation sites is 1. The molecule has 0 unspecified atom stereocenters. The van der Waals surface area contributed by atoms with Crippen LogP contribution in [0, 0.1) is 0 Å². The molecule has 1 atom stereocenters. The van der Waals surface area contributed by atoms with Gasteiger partial charge in [0.2, 0.25) is 0 Å². The van der Waals surface area contributed by atoms with Gasteiger partial charge in [0, 0.05) is 12.3 Å². The van der Waals surface area contributed by atoms with E-state index in [1.165, 1.54) is 31.2 Å². The summed E-state index contributed by atoms with van der Waals surface area (Å²) in [5.74, 6) is -1.81. The lowest BCUT2D eigenvalue weighted by molar-refractivity contribution is -0.137. The van der Waals surface area contributed by atoms with Gasteiger partial charge in [-0.2, -0.15) is 13.2 Å². The molecule has 3 aromatic rings. The van der Waals surface area contributed by atoms with E-state index in [1.54, 1.807) is 12.1 Å². The van der Waals surface area contributed by atoms with E-state index in [4.69, 9.17) is 4.42 Å². The molecule has 140 valence electrons. The zero-order chi connectivity index (χ0) is 19.8. The Morgan fingerprint density at radius 1 is 1.15 bits per heavy atom. The van der Waals surface area contributed by atoms with Crippen molar-refractivity contribution in [2.24, 2.45) is 0 Å². The zero-order valence-corrected chi connectivity index (χ0v) is 14.2. The fraction of sp³-hybridized carbons (Fsp3) is 0.200. The molecule has 0 saturated heterocycles. The van der Waals surface area contributed by atoms with Crippen molar-refractivity contribution < 1.29 is 27.5 Å². The minimum Gasteiger partial charge on any atom is -0.507 e. The SMILES string of the molecule is CC(=O)C[C@H](c1cccc(C(F)(F)F)c1)c1c(O)c2ccccc2oc1=O. The summed E-state index contributed by atoms with van der Waals surface area (Å²) in [7, 11) is 0. The summed E-state index contributed by atoms with van der Waals surface area (Å²) < 4.78 is 44.4. The summed E-state index contributed by atoms with van der Waals surface area (Å²) in [5, 5.41) is 10.9. The Bertz CT molecular complexity index is 1070. The van der Waals surface area contributed by atoms with Crippen LogP contribution in [0.15, 0.2) is 57.7 Å². The van der Waals surface area contributed by atoms with Gasteiger partial charge in [0.25, 0.3) is 0 Å². The van der Waals surface area contributed by atoms with Gasteiger partial charge < -0.3 is 9.52 Å². The fourth-order valence-corrected chi connectivity index (χ4v) is 3.06. The molecule has 0 radical (unpaired) electrons. The smallest absolute Gasteiger partial charge is 0.416 e. The van der Waals surface area contributed by atoms with Crippen LogP contribution in [0.4, 0.5) is 13.2 Å². The number of carbonyl (C=O) groups excluding carboxylic acids is 1. The van der Waals surface area contributed by atoms with Crippen molar-refractivity contribution in [2.45, 2.75) is 25.4 Å². The molecule has 2 aromatic carbocycles. The van der Waals surface area contributed by atoms with Gasteiger partial charge in [0.1, 0.15) is 17.1 Å². The minimum absolute atomic E-state index is 0.0953. The predicted octanol–water partition coefficient (Wildman–Crippen LogP) is 4.63. The lowest BCUT2D eigenvalue weighted by Gasteiger charge is -2.18. The highest BCUT2D eigenvalue weighted by atomic mass is 19.4. The Hall–Kier alpha value is -3.09. The van der Waals surface area contributed by atoms with Crippen LogP contribution in [-0.4, -0.2) is 10.9 Å². The minimum atomic E-state index is -4.58. The van der Waals surface area contributed by atoms with Crippen molar-refractivity contribution in [2.75, 3.05) is 0 Å². The Morgan fingerprint density at radius 3 is 2.52 bits per heavy atom. The van der Waals surface area contributed by atoms with Gasteiger partial charge in [-0.3, -0.25) is 4.79 Å². The van der Waals surface area contributed by atoms with Crippen LogP contribution in [0.1, 0.15) is 36.0 Å².